The Balaban J connectivity index is 1.46. The number of piperidine rings is 1. The second-order valence-electron chi connectivity index (χ2n) is 7.74. The molecule has 0 saturated carbocycles. The highest BCUT2D eigenvalue weighted by Gasteiger charge is 2.22. The van der Waals surface area contributed by atoms with Gasteiger partial charge in [-0.15, -0.1) is 0 Å². The third-order valence-corrected chi connectivity index (χ3v) is 5.15. The number of nitrogens with zero attached hydrogens (tertiary/aromatic N) is 1. The summed E-state index contributed by atoms with van der Waals surface area (Å²) in [6.45, 7) is 6.04. The molecular formula is C24H29N3O2. The number of likely N-dealkylation sites (tertiary alicyclic amines) is 1. The minimum absolute atomic E-state index is 0.0281. The van der Waals surface area contributed by atoms with Gasteiger partial charge in [0.1, 0.15) is 0 Å². The summed E-state index contributed by atoms with van der Waals surface area (Å²) in [4.78, 5) is 26.6. The predicted octanol–water partition coefficient (Wildman–Crippen LogP) is 4.38. The Labute approximate surface area is 172 Å². The van der Waals surface area contributed by atoms with Crippen LogP contribution in [0.15, 0.2) is 54.6 Å². The fourth-order valence-corrected chi connectivity index (χ4v) is 3.53. The van der Waals surface area contributed by atoms with Crippen molar-refractivity contribution in [2.75, 3.05) is 25.0 Å². The fraction of sp³-hybridized carbons (Fsp3) is 0.333. The van der Waals surface area contributed by atoms with Gasteiger partial charge in [0.25, 0.3) is 0 Å². The summed E-state index contributed by atoms with van der Waals surface area (Å²) in [6.07, 6.45) is 5.48. The average Bonchev–Trinajstić information content (AvgIpc) is 2.72. The first-order valence-corrected chi connectivity index (χ1v) is 10.1. The minimum atomic E-state index is -0.211. The molecule has 0 aromatic heterocycles. The molecule has 1 heterocycles. The second-order valence-corrected chi connectivity index (χ2v) is 7.74. The number of rotatable bonds is 5. The minimum Gasteiger partial charge on any atom is -0.339 e. The van der Waals surface area contributed by atoms with Gasteiger partial charge in [0.15, 0.2) is 0 Å². The summed E-state index contributed by atoms with van der Waals surface area (Å²) in [6, 6.07) is 15.6. The largest absolute Gasteiger partial charge is 0.339 e. The van der Waals surface area contributed by atoms with Gasteiger partial charge in [-0.3, -0.25) is 4.79 Å². The van der Waals surface area contributed by atoms with Crippen LogP contribution in [0.2, 0.25) is 0 Å². The summed E-state index contributed by atoms with van der Waals surface area (Å²) >= 11 is 0. The number of nitrogens with one attached hydrogen (secondary N) is 2. The van der Waals surface area contributed by atoms with E-state index in [0.29, 0.717) is 13.1 Å². The van der Waals surface area contributed by atoms with Gasteiger partial charge in [-0.05, 0) is 56.4 Å². The molecule has 2 aromatic carbocycles. The number of hydrogen-bond acceptors (Lipinski definition) is 2. The quantitative estimate of drug-likeness (QED) is 0.743. The van der Waals surface area contributed by atoms with Crippen molar-refractivity contribution in [2.45, 2.75) is 26.7 Å². The Morgan fingerprint density at radius 1 is 1.10 bits per heavy atom. The molecule has 0 spiro atoms. The highest BCUT2D eigenvalue weighted by molar-refractivity contribution is 5.92. The molecule has 5 nitrogen and oxygen atoms in total. The SMILES string of the molecule is Cc1ccc(NC(=O)NCC2CCCN(C(=O)/C=C/c3cccc(C)c3)C2)cc1. The first kappa shape index (κ1) is 20.6. The number of carbonyl (C=O) groups excluding carboxylic acids is 2. The highest BCUT2D eigenvalue weighted by Crippen LogP contribution is 2.17. The Hall–Kier alpha value is -3.08. The van der Waals surface area contributed by atoms with Crippen LogP contribution in [0.5, 0.6) is 0 Å². The molecule has 0 radical (unpaired) electrons. The second kappa shape index (κ2) is 9.92. The maximum atomic E-state index is 12.5. The summed E-state index contributed by atoms with van der Waals surface area (Å²) in [5, 5.41) is 5.78. The third-order valence-electron chi connectivity index (χ3n) is 5.15. The molecule has 1 aliphatic rings. The number of carbonyl (C=O) groups is 2. The Morgan fingerprint density at radius 2 is 1.90 bits per heavy atom. The lowest BCUT2D eigenvalue weighted by Gasteiger charge is -2.32. The maximum absolute atomic E-state index is 12.5. The first-order valence-electron chi connectivity index (χ1n) is 10.1. The fourth-order valence-electron chi connectivity index (χ4n) is 3.53. The van der Waals surface area contributed by atoms with E-state index in [4.69, 9.17) is 0 Å². The van der Waals surface area contributed by atoms with Gasteiger partial charge in [0.05, 0.1) is 0 Å². The summed E-state index contributed by atoms with van der Waals surface area (Å²) in [5.41, 5.74) is 4.13. The normalized spacial score (nSPS) is 16.6. The smallest absolute Gasteiger partial charge is 0.319 e. The van der Waals surface area contributed by atoms with Gasteiger partial charge in [-0.25, -0.2) is 4.79 Å². The van der Waals surface area contributed by atoms with E-state index in [1.165, 1.54) is 5.56 Å². The van der Waals surface area contributed by atoms with Crippen LogP contribution < -0.4 is 10.6 Å². The molecule has 152 valence electrons. The molecule has 3 amide bonds. The number of hydrogen-bond donors (Lipinski definition) is 2. The zero-order valence-corrected chi connectivity index (χ0v) is 17.2. The van der Waals surface area contributed by atoms with Crippen LogP contribution in [-0.2, 0) is 4.79 Å². The van der Waals surface area contributed by atoms with E-state index in [1.807, 2.05) is 67.3 Å². The van der Waals surface area contributed by atoms with Crippen molar-refractivity contribution >= 4 is 23.7 Å². The summed E-state index contributed by atoms with van der Waals surface area (Å²) < 4.78 is 0. The van der Waals surface area contributed by atoms with Gasteiger partial charge in [-0.1, -0.05) is 47.5 Å². The van der Waals surface area contributed by atoms with Crippen LogP contribution in [0.25, 0.3) is 6.08 Å². The van der Waals surface area contributed by atoms with Gasteiger partial charge in [0, 0.05) is 31.4 Å². The van der Waals surface area contributed by atoms with E-state index in [0.717, 1.165) is 36.2 Å². The topological polar surface area (TPSA) is 61.4 Å². The van der Waals surface area contributed by atoms with Crippen LogP contribution >= 0.6 is 0 Å². The zero-order chi connectivity index (χ0) is 20.6. The number of amides is 3. The Kier molecular flexibility index (Phi) is 7.06. The van der Waals surface area contributed by atoms with Gasteiger partial charge >= 0.3 is 6.03 Å². The van der Waals surface area contributed by atoms with E-state index in [9.17, 15) is 9.59 Å². The van der Waals surface area contributed by atoms with E-state index >= 15 is 0 Å². The Morgan fingerprint density at radius 3 is 2.66 bits per heavy atom. The number of aryl methyl sites for hydroxylation is 2. The molecule has 0 bridgehead atoms. The lowest BCUT2D eigenvalue weighted by atomic mass is 9.98. The van der Waals surface area contributed by atoms with Gasteiger partial charge in [0.2, 0.25) is 5.91 Å². The Bertz CT molecular complexity index is 874. The predicted molar refractivity (Wildman–Crippen MR) is 118 cm³/mol. The monoisotopic (exact) mass is 391 g/mol. The van der Waals surface area contributed by atoms with Crippen molar-refractivity contribution < 1.29 is 9.59 Å². The number of benzene rings is 2. The summed E-state index contributed by atoms with van der Waals surface area (Å²) in [7, 11) is 0. The molecule has 29 heavy (non-hydrogen) atoms. The van der Waals surface area contributed by atoms with Crippen LogP contribution in [0, 0.1) is 19.8 Å². The molecule has 1 atom stereocenters. The molecule has 1 fully saturated rings. The van der Waals surface area contributed by atoms with Crippen molar-refractivity contribution in [3.63, 3.8) is 0 Å². The van der Waals surface area contributed by atoms with Gasteiger partial charge < -0.3 is 15.5 Å². The first-order chi connectivity index (χ1) is 14.0. The molecule has 1 unspecified atom stereocenters. The van der Waals surface area contributed by atoms with Crippen molar-refractivity contribution in [3.8, 4) is 0 Å². The molecule has 2 aromatic rings. The maximum Gasteiger partial charge on any atom is 0.319 e. The lowest BCUT2D eigenvalue weighted by molar-refractivity contribution is -0.127. The molecule has 5 heteroatoms. The molecular weight excluding hydrogens is 362 g/mol. The van der Waals surface area contributed by atoms with Crippen molar-refractivity contribution in [3.05, 3.63) is 71.3 Å². The lowest BCUT2D eigenvalue weighted by Crippen LogP contribution is -2.43. The van der Waals surface area contributed by atoms with Crippen molar-refractivity contribution in [1.29, 1.82) is 0 Å². The molecule has 3 rings (SSSR count). The van der Waals surface area contributed by atoms with Crippen molar-refractivity contribution in [1.82, 2.24) is 10.2 Å². The zero-order valence-electron chi connectivity index (χ0n) is 17.2. The van der Waals surface area contributed by atoms with E-state index in [-0.39, 0.29) is 17.9 Å². The molecule has 2 N–H and O–H groups in total. The van der Waals surface area contributed by atoms with Crippen LogP contribution in [-0.4, -0.2) is 36.5 Å². The number of urea groups is 1. The van der Waals surface area contributed by atoms with Crippen LogP contribution in [0.1, 0.15) is 29.5 Å². The molecule has 1 aliphatic heterocycles. The standard InChI is InChI=1S/C24H29N3O2/c1-18-8-11-22(12-9-18)26-24(29)25-16-21-7-4-14-27(17-21)23(28)13-10-20-6-3-5-19(2)15-20/h3,5-6,8-13,15,21H,4,7,14,16-17H2,1-2H3,(H2,25,26,29)/b13-10+. The van der Waals surface area contributed by atoms with Crippen LogP contribution in [0.4, 0.5) is 10.5 Å². The van der Waals surface area contributed by atoms with Crippen molar-refractivity contribution in [2.24, 2.45) is 5.92 Å². The molecule has 1 saturated heterocycles. The van der Waals surface area contributed by atoms with Crippen LogP contribution in [0.3, 0.4) is 0 Å². The average molecular weight is 392 g/mol. The number of anilines is 1. The summed E-state index contributed by atoms with van der Waals surface area (Å²) in [5.74, 6) is 0.296. The molecule has 0 aliphatic carbocycles. The van der Waals surface area contributed by atoms with E-state index in [1.54, 1.807) is 6.08 Å². The third kappa shape index (κ3) is 6.49. The highest BCUT2D eigenvalue weighted by atomic mass is 16.2. The van der Waals surface area contributed by atoms with Gasteiger partial charge in [-0.2, -0.15) is 0 Å². The van der Waals surface area contributed by atoms with E-state index in [2.05, 4.69) is 16.7 Å². The van der Waals surface area contributed by atoms with E-state index < -0.39 is 0 Å².